The number of benzene rings is 2. The van der Waals surface area contributed by atoms with Crippen LogP contribution in [0.4, 0.5) is 5.69 Å². The van der Waals surface area contributed by atoms with Crippen molar-refractivity contribution in [2.75, 3.05) is 25.6 Å². The minimum atomic E-state index is -0.287. The number of hydrogen-bond acceptors (Lipinski definition) is 4. The van der Waals surface area contributed by atoms with E-state index in [2.05, 4.69) is 5.32 Å². The highest BCUT2D eigenvalue weighted by atomic mass is 35.5. The number of methoxy groups -OCH3 is 1. The van der Waals surface area contributed by atoms with Gasteiger partial charge in [-0.1, -0.05) is 11.6 Å². The number of rotatable bonds is 7. The number of amides is 1. The Labute approximate surface area is 146 Å². The fourth-order valence-electron chi connectivity index (χ4n) is 2.16. The number of carbonyl (C=O) groups is 1. The zero-order valence-corrected chi connectivity index (χ0v) is 14.6. The molecule has 2 aromatic carbocycles. The minimum absolute atomic E-state index is 0.287. The molecule has 6 heteroatoms. The smallest absolute Gasteiger partial charge is 0.255 e. The zero-order valence-electron chi connectivity index (χ0n) is 13.9. The van der Waals surface area contributed by atoms with Crippen molar-refractivity contribution in [3.05, 3.63) is 47.0 Å². The van der Waals surface area contributed by atoms with Gasteiger partial charge in [-0.2, -0.15) is 0 Å². The van der Waals surface area contributed by atoms with Crippen LogP contribution < -0.4 is 19.5 Å². The average molecular weight is 350 g/mol. The van der Waals surface area contributed by atoms with Gasteiger partial charge in [0.15, 0.2) is 11.5 Å². The van der Waals surface area contributed by atoms with E-state index in [0.29, 0.717) is 41.0 Å². The lowest BCUT2D eigenvalue weighted by Crippen LogP contribution is -2.12. The lowest BCUT2D eigenvalue weighted by atomic mass is 10.1. The molecule has 0 aliphatic heterocycles. The lowest BCUT2D eigenvalue weighted by molar-refractivity contribution is 0.102. The Balaban J connectivity index is 2.19. The van der Waals surface area contributed by atoms with Crippen LogP contribution in [0, 0.1) is 0 Å². The van der Waals surface area contributed by atoms with Crippen molar-refractivity contribution < 1.29 is 19.0 Å². The van der Waals surface area contributed by atoms with Crippen LogP contribution in [-0.4, -0.2) is 26.2 Å². The Morgan fingerprint density at radius 2 is 1.75 bits per heavy atom. The predicted octanol–water partition coefficient (Wildman–Crippen LogP) is 4.40. The second kappa shape index (κ2) is 8.45. The maximum atomic E-state index is 12.4. The van der Waals surface area contributed by atoms with Crippen LogP contribution in [-0.2, 0) is 0 Å². The molecule has 1 N–H and O–H groups in total. The van der Waals surface area contributed by atoms with Crippen molar-refractivity contribution in [3.63, 3.8) is 0 Å². The fourth-order valence-corrected chi connectivity index (χ4v) is 2.45. The first-order valence-electron chi connectivity index (χ1n) is 7.63. The van der Waals surface area contributed by atoms with Gasteiger partial charge in [0.1, 0.15) is 5.75 Å². The molecule has 2 aromatic rings. The van der Waals surface area contributed by atoms with Gasteiger partial charge in [0, 0.05) is 11.3 Å². The van der Waals surface area contributed by atoms with Crippen LogP contribution in [0.25, 0.3) is 0 Å². The van der Waals surface area contributed by atoms with Crippen molar-refractivity contribution in [3.8, 4) is 17.2 Å². The maximum Gasteiger partial charge on any atom is 0.255 e. The molecule has 0 atom stereocenters. The molecule has 0 spiro atoms. The summed E-state index contributed by atoms with van der Waals surface area (Å²) in [6.45, 7) is 4.80. The topological polar surface area (TPSA) is 56.8 Å². The highest BCUT2D eigenvalue weighted by molar-refractivity contribution is 6.32. The standard InChI is InChI=1S/C18H20ClNO4/c1-4-23-14-8-6-13(7-9-14)20-18(21)12-10-15(19)17(22-3)16(11-12)24-5-2/h6-11H,4-5H2,1-3H3,(H,20,21). The molecule has 0 aromatic heterocycles. The van der Waals surface area contributed by atoms with E-state index in [1.807, 2.05) is 13.8 Å². The summed E-state index contributed by atoms with van der Waals surface area (Å²) in [5, 5.41) is 3.13. The first-order chi connectivity index (χ1) is 11.6. The molecule has 0 saturated carbocycles. The quantitative estimate of drug-likeness (QED) is 0.805. The maximum absolute atomic E-state index is 12.4. The van der Waals surface area contributed by atoms with E-state index < -0.39 is 0 Å². The van der Waals surface area contributed by atoms with Crippen molar-refractivity contribution in [2.45, 2.75) is 13.8 Å². The van der Waals surface area contributed by atoms with E-state index in [-0.39, 0.29) is 5.91 Å². The fraction of sp³-hybridized carbons (Fsp3) is 0.278. The molecule has 5 nitrogen and oxygen atoms in total. The molecular formula is C18H20ClNO4. The van der Waals surface area contributed by atoms with E-state index in [9.17, 15) is 4.79 Å². The Hall–Kier alpha value is -2.40. The molecule has 2 rings (SSSR count). The van der Waals surface area contributed by atoms with E-state index in [1.54, 1.807) is 36.4 Å². The van der Waals surface area contributed by atoms with E-state index in [4.69, 9.17) is 25.8 Å². The second-order valence-corrected chi connectivity index (χ2v) is 5.24. The Bertz CT molecular complexity index is 701. The van der Waals surface area contributed by atoms with E-state index in [1.165, 1.54) is 7.11 Å². The summed E-state index contributed by atoms with van der Waals surface area (Å²) in [6, 6.07) is 10.3. The number of ether oxygens (including phenoxy) is 3. The molecule has 0 saturated heterocycles. The van der Waals surface area contributed by atoms with Crippen LogP contribution in [0.5, 0.6) is 17.2 Å². The van der Waals surface area contributed by atoms with Crippen molar-refractivity contribution in [1.29, 1.82) is 0 Å². The van der Waals surface area contributed by atoms with Crippen molar-refractivity contribution >= 4 is 23.2 Å². The Morgan fingerprint density at radius 1 is 1.08 bits per heavy atom. The highest BCUT2D eigenvalue weighted by Crippen LogP contribution is 2.36. The molecule has 0 aliphatic carbocycles. The largest absolute Gasteiger partial charge is 0.494 e. The van der Waals surface area contributed by atoms with Crippen molar-refractivity contribution in [1.82, 2.24) is 0 Å². The Kier molecular flexibility index (Phi) is 6.32. The zero-order chi connectivity index (χ0) is 17.5. The number of carbonyl (C=O) groups excluding carboxylic acids is 1. The van der Waals surface area contributed by atoms with Gasteiger partial charge in [-0.15, -0.1) is 0 Å². The predicted molar refractivity (Wildman–Crippen MR) is 94.7 cm³/mol. The molecule has 0 unspecified atom stereocenters. The highest BCUT2D eigenvalue weighted by Gasteiger charge is 2.15. The summed E-state index contributed by atoms with van der Waals surface area (Å²) in [5.41, 5.74) is 1.05. The first kappa shape index (κ1) is 17.9. The Morgan fingerprint density at radius 3 is 2.33 bits per heavy atom. The van der Waals surface area contributed by atoms with Gasteiger partial charge in [0.2, 0.25) is 0 Å². The van der Waals surface area contributed by atoms with E-state index in [0.717, 1.165) is 5.75 Å². The first-order valence-corrected chi connectivity index (χ1v) is 8.01. The van der Waals surface area contributed by atoms with Gasteiger partial charge in [0.05, 0.1) is 25.3 Å². The molecule has 128 valence electrons. The average Bonchev–Trinajstić information content (AvgIpc) is 2.57. The molecule has 0 bridgehead atoms. The van der Waals surface area contributed by atoms with Crippen LogP contribution in [0.3, 0.4) is 0 Å². The monoisotopic (exact) mass is 349 g/mol. The number of hydrogen-bond donors (Lipinski definition) is 1. The number of halogens is 1. The SMILES string of the molecule is CCOc1ccc(NC(=O)c2cc(Cl)c(OC)c(OCC)c2)cc1. The molecule has 0 fully saturated rings. The lowest BCUT2D eigenvalue weighted by Gasteiger charge is -2.13. The van der Waals surface area contributed by atoms with Gasteiger partial charge in [-0.05, 0) is 50.2 Å². The van der Waals surface area contributed by atoms with Gasteiger partial charge in [-0.25, -0.2) is 0 Å². The minimum Gasteiger partial charge on any atom is -0.494 e. The van der Waals surface area contributed by atoms with Crippen LogP contribution in [0.2, 0.25) is 5.02 Å². The van der Waals surface area contributed by atoms with Crippen molar-refractivity contribution in [2.24, 2.45) is 0 Å². The number of nitrogens with one attached hydrogen (secondary N) is 1. The van der Waals surface area contributed by atoms with Gasteiger partial charge in [0.25, 0.3) is 5.91 Å². The summed E-state index contributed by atoms with van der Waals surface area (Å²) in [7, 11) is 1.50. The summed E-state index contributed by atoms with van der Waals surface area (Å²) in [4.78, 5) is 12.4. The third kappa shape index (κ3) is 4.32. The second-order valence-electron chi connectivity index (χ2n) is 4.83. The molecule has 0 aliphatic rings. The normalized spacial score (nSPS) is 10.2. The molecule has 0 radical (unpaired) electrons. The van der Waals surface area contributed by atoms with Gasteiger partial charge < -0.3 is 19.5 Å². The molecule has 24 heavy (non-hydrogen) atoms. The third-order valence-corrected chi connectivity index (χ3v) is 3.48. The van der Waals surface area contributed by atoms with E-state index >= 15 is 0 Å². The molecule has 1 amide bonds. The van der Waals surface area contributed by atoms with Crippen LogP contribution >= 0.6 is 11.6 Å². The summed E-state index contributed by atoms with van der Waals surface area (Å²) in [5.74, 6) is 1.31. The summed E-state index contributed by atoms with van der Waals surface area (Å²) in [6.07, 6.45) is 0. The van der Waals surface area contributed by atoms with Crippen LogP contribution in [0.1, 0.15) is 24.2 Å². The summed E-state index contributed by atoms with van der Waals surface area (Å²) < 4.78 is 16.1. The van der Waals surface area contributed by atoms with Gasteiger partial charge >= 0.3 is 0 Å². The summed E-state index contributed by atoms with van der Waals surface area (Å²) >= 11 is 6.17. The molecular weight excluding hydrogens is 330 g/mol. The molecule has 0 heterocycles. The number of anilines is 1. The third-order valence-electron chi connectivity index (χ3n) is 3.20. The van der Waals surface area contributed by atoms with Gasteiger partial charge in [-0.3, -0.25) is 4.79 Å². The van der Waals surface area contributed by atoms with Crippen LogP contribution in [0.15, 0.2) is 36.4 Å².